The molecule has 0 unspecified atom stereocenters. The van der Waals surface area contributed by atoms with Crippen LogP contribution in [0.5, 0.6) is 0 Å². The molecule has 1 rings (SSSR count). The summed E-state index contributed by atoms with van der Waals surface area (Å²) < 4.78 is 0. The Morgan fingerprint density at radius 2 is 2.19 bits per heavy atom. The fourth-order valence-corrected chi connectivity index (χ4v) is 1.57. The molecule has 0 aliphatic rings. The van der Waals surface area contributed by atoms with Crippen LogP contribution < -0.4 is 5.32 Å². The van der Waals surface area contributed by atoms with E-state index in [4.69, 9.17) is 5.26 Å². The molecule has 4 nitrogen and oxygen atoms in total. The van der Waals surface area contributed by atoms with Crippen LogP contribution in [0.4, 0.5) is 5.69 Å². The molecule has 0 amide bonds. The smallest absolute Gasteiger partial charge is 0.374 e. The van der Waals surface area contributed by atoms with Crippen LogP contribution in [0.1, 0.15) is 36.2 Å². The van der Waals surface area contributed by atoms with Crippen LogP contribution in [0.25, 0.3) is 0 Å². The Bertz CT molecular complexity index is 363. The molecule has 88 valence electrons. The number of carbonyl (C=O) groups is 1. The lowest BCUT2D eigenvalue weighted by Crippen LogP contribution is -2.11. The van der Waals surface area contributed by atoms with Gasteiger partial charge in [-0.05, 0) is 24.5 Å². The van der Waals surface area contributed by atoms with Crippen molar-refractivity contribution in [2.24, 2.45) is 0 Å². The molecular weight excluding hydrogens is 206 g/mol. The Labute approximate surface area is 95.2 Å². The van der Waals surface area contributed by atoms with E-state index in [1.807, 2.05) is 19.9 Å². The summed E-state index contributed by atoms with van der Waals surface area (Å²) in [6.07, 6.45) is 1.78. The second kappa shape index (κ2) is 6.12. The summed E-state index contributed by atoms with van der Waals surface area (Å²) in [7, 11) is 0. The summed E-state index contributed by atoms with van der Waals surface area (Å²) in [5, 5.41) is 11.6. The molecule has 0 saturated heterocycles. The fourth-order valence-electron chi connectivity index (χ4n) is 1.57. The average Bonchev–Trinajstić information content (AvgIpc) is 2.34. The first-order valence-corrected chi connectivity index (χ1v) is 5.46. The lowest BCUT2D eigenvalue weighted by molar-refractivity contribution is -0.182. The molecule has 16 heavy (non-hydrogen) atoms. The Morgan fingerprint density at radius 3 is 2.75 bits per heavy atom. The van der Waals surface area contributed by atoms with Gasteiger partial charge in [0.2, 0.25) is 0 Å². The van der Waals surface area contributed by atoms with E-state index in [0.717, 1.165) is 30.6 Å². The third-order valence-electron chi connectivity index (χ3n) is 2.39. The molecule has 0 radical (unpaired) electrons. The van der Waals surface area contributed by atoms with Gasteiger partial charge in [-0.3, -0.25) is 4.89 Å². The van der Waals surface area contributed by atoms with Crippen LogP contribution in [0.2, 0.25) is 0 Å². The molecule has 0 spiro atoms. The first-order valence-electron chi connectivity index (χ1n) is 5.46. The number of anilines is 1. The lowest BCUT2D eigenvalue weighted by atomic mass is 10.0. The maximum absolute atomic E-state index is 11.4. The standard InChI is InChI=1S/C12H17NO3/c1-3-8-13-11-9(4-2)6-5-7-10(11)12(14)16-15/h5-7,13,15H,3-4,8H2,1-2H3. The Morgan fingerprint density at radius 1 is 1.44 bits per heavy atom. The predicted octanol–water partition coefficient (Wildman–Crippen LogP) is 2.70. The molecule has 1 aromatic rings. The summed E-state index contributed by atoms with van der Waals surface area (Å²) in [6.45, 7) is 4.84. The van der Waals surface area contributed by atoms with Crippen molar-refractivity contribution in [1.82, 2.24) is 0 Å². The maximum Gasteiger partial charge on any atom is 0.374 e. The van der Waals surface area contributed by atoms with Gasteiger partial charge in [0, 0.05) is 6.54 Å². The van der Waals surface area contributed by atoms with E-state index in [1.165, 1.54) is 0 Å². The number of para-hydroxylation sites is 1. The third kappa shape index (κ3) is 2.73. The Kier molecular flexibility index (Phi) is 4.79. The zero-order valence-corrected chi connectivity index (χ0v) is 9.62. The highest BCUT2D eigenvalue weighted by Gasteiger charge is 2.14. The number of hydrogen-bond acceptors (Lipinski definition) is 4. The van der Waals surface area contributed by atoms with Crippen LogP contribution in [0.15, 0.2) is 18.2 Å². The number of nitrogens with one attached hydrogen (secondary N) is 1. The van der Waals surface area contributed by atoms with Crippen LogP contribution in [-0.4, -0.2) is 17.8 Å². The molecule has 0 heterocycles. The molecular formula is C12H17NO3. The van der Waals surface area contributed by atoms with Crippen molar-refractivity contribution in [2.75, 3.05) is 11.9 Å². The molecule has 2 N–H and O–H groups in total. The number of benzene rings is 1. The van der Waals surface area contributed by atoms with Crippen LogP contribution in [0.3, 0.4) is 0 Å². The topological polar surface area (TPSA) is 58.6 Å². The highest BCUT2D eigenvalue weighted by atomic mass is 17.1. The highest BCUT2D eigenvalue weighted by molar-refractivity contribution is 5.96. The summed E-state index contributed by atoms with van der Waals surface area (Å²) >= 11 is 0. The van der Waals surface area contributed by atoms with E-state index >= 15 is 0 Å². The maximum atomic E-state index is 11.4. The number of aryl methyl sites for hydroxylation is 1. The number of carbonyl (C=O) groups excluding carboxylic acids is 1. The van der Waals surface area contributed by atoms with Gasteiger partial charge < -0.3 is 5.32 Å². The van der Waals surface area contributed by atoms with Crippen LogP contribution >= 0.6 is 0 Å². The summed E-state index contributed by atoms with van der Waals surface area (Å²) in [5.74, 6) is -0.728. The van der Waals surface area contributed by atoms with Crippen LogP contribution in [0, 0.1) is 0 Å². The van der Waals surface area contributed by atoms with Gasteiger partial charge in [-0.25, -0.2) is 4.79 Å². The Balaban J connectivity index is 3.09. The van der Waals surface area contributed by atoms with Gasteiger partial charge in [-0.15, -0.1) is 0 Å². The minimum atomic E-state index is -0.728. The third-order valence-corrected chi connectivity index (χ3v) is 2.39. The van der Waals surface area contributed by atoms with E-state index in [1.54, 1.807) is 12.1 Å². The Hall–Kier alpha value is -1.55. The number of hydrogen-bond donors (Lipinski definition) is 2. The molecule has 0 aromatic heterocycles. The molecule has 4 heteroatoms. The largest absolute Gasteiger partial charge is 0.384 e. The van der Waals surface area contributed by atoms with Crippen molar-refractivity contribution in [3.05, 3.63) is 29.3 Å². The fraction of sp³-hybridized carbons (Fsp3) is 0.417. The summed E-state index contributed by atoms with van der Waals surface area (Å²) in [4.78, 5) is 15.1. The van der Waals surface area contributed by atoms with Gasteiger partial charge in [-0.1, -0.05) is 26.0 Å². The average molecular weight is 223 g/mol. The minimum Gasteiger partial charge on any atom is -0.384 e. The minimum absolute atomic E-state index is 0.371. The van der Waals surface area contributed by atoms with Crippen LogP contribution in [-0.2, 0) is 11.3 Å². The molecule has 1 aromatic carbocycles. The lowest BCUT2D eigenvalue weighted by Gasteiger charge is -2.13. The molecule has 0 atom stereocenters. The molecule has 0 aliphatic heterocycles. The van der Waals surface area contributed by atoms with Crippen molar-refractivity contribution < 1.29 is 14.9 Å². The van der Waals surface area contributed by atoms with Gasteiger partial charge in [0.15, 0.2) is 0 Å². The van der Waals surface area contributed by atoms with E-state index in [-0.39, 0.29) is 0 Å². The molecule has 0 saturated carbocycles. The first-order chi connectivity index (χ1) is 7.74. The van der Waals surface area contributed by atoms with Gasteiger partial charge in [-0.2, -0.15) is 5.26 Å². The van der Waals surface area contributed by atoms with Crippen molar-refractivity contribution in [3.63, 3.8) is 0 Å². The zero-order chi connectivity index (χ0) is 12.0. The number of rotatable bonds is 5. The summed E-state index contributed by atoms with van der Waals surface area (Å²) in [5.41, 5.74) is 2.16. The molecule has 0 fully saturated rings. The SMILES string of the molecule is CCCNc1c(CC)cccc1C(=O)OO. The quantitative estimate of drug-likeness (QED) is 0.595. The van der Waals surface area contributed by atoms with Gasteiger partial charge >= 0.3 is 5.97 Å². The van der Waals surface area contributed by atoms with E-state index < -0.39 is 5.97 Å². The molecule has 0 aliphatic carbocycles. The zero-order valence-electron chi connectivity index (χ0n) is 9.62. The second-order valence-electron chi connectivity index (χ2n) is 3.50. The van der Waals surface area contributed by atoms with Crippen molar-refractivity contribution in [3.8, 4) is 0 Å². The van der Waals surface area contributed by atoms with Crippen molar-refractivity contribution >= 4 is 11.7 Å². The highest BCUT2D eigenvalue weighted by Crippen LogP contribution is 2.22. The van der Waals surface area contributed by atoms with Gasteiger partial charge in [0.1, 0.15) is 0 Å². The van der Waals surface area contributed by atoms with Gasteiger partial charge in [0.05, 0.1) is 11.3 Å². The summed E-state index contributed by atoms with van der Waals surface area (Å²) in [6, 6.07) is 5.37. The van der Waals surface area contributed by atoms with E-state index in [9.17, 15) is 4.79 Å². The van der Waals surface area contributed by atoms with E-state index in [0.29, 0.717) is 5.56 Å². The molecule has 0 bridgehead atoms. The van der Waals surface area contributed by atoms with Gasteiger partial charge in [0.25, 0.3) is 0 Å². The monoisotopic (exact) mass is 223 g/mol. The first kappa shape index (κ1) is 12.5. The second-order valence-corrected chi connectivity index (χ2v) is 3.50. The predicted molar refractivity (Wildman–Crippen MR) is 62.6 cm³/mol. The van der Waals surface area contributed by atoms with E-state index in [2.05, 4.69) is 10.2 Å². The normalized spacial score (nSPS) is 9.94. The van der Waals surface area contributed by atoms with Crippen molar-refractivity contribution in [2.45, 2.75) is 26.7 Å². The van der Waals surface area contributed by atoms with Crippen molar-refractivity contribution in [1.29, 1.82) is 0 Å².